The van der Waals surface area contributed by atoms with Crippen LogP contribution in [-0.4, -0.2) is 32.6 Å². The maximum absolute atomic E-state index is 12.5. The normalized spacial score (nSPS) is 10.4. The lowest BCUT2D eigenvalue weighted by Crippen LogP contribution is -2.15. The molecule has 0 aliphatic heterocycles. The highest BCUT2D eigenvalue weighted by atomic mass is 35.5. The number of carbonyl (C=O) groups is 2. The van der Waals surface area contributed by atoms with Gasteiger partial charge >= 0.3 is 5.97 Å². The smallest absolute Gasteiger partial charge is 0.338 e. The fourth-order valence-electron chi connectivity index (χ4n) is 2.76. The van der Waals surface area contributed by atoms with Gasteiger partial charge in [0.15, 0.2) is 6.61 Å². The number of thioether (sulfide) groups is 1. The van der Waals surface area contributed by atoms with Gasteiger partial charge in [0.05, 0.1) is 25.3 Å². The summed E-state index contributed by atoms with van der Waals surface area (Å²) in [7, 11) is 2.98. The van der Waals surface area contributed by atoms with E-state index >= 15 is 0 Å². The van der Waals surface area contributed by atoms with E-state index in [0.29, 0.717) is 27.6 Å². The fraction of sp³-hybridized carbons (Fsp3) is 0.167. The zero-order valence-corrected chi connectivity index (χ0v) is 18.7. The van der Waals surface area contributed by atoms with Crippen molar-refractivity contribution in [3.8, 4) is 11.5 Å². The van der Waals surface area contributed by atoms with Crippen LogP contribution in [0.15, 0.2) is 71.6 Å². The largest absolute Gasteiger partial charge is 0.497 e. The van der Waals surface area contributed by atoms with Gasteiger partial charge in [0.1, 0.15) is 11.5 Å². The molecule has 0 aliphatic carbocycles. The van der Waals surface area contributed by atoms with E-state index in [1.165, 1.54) is 14.2 Å². The summed E-state index contributed by atoms with van der Waals surface area (Å²) in [5, 5.41) is 0.704. The van der Waals surface area contributed by atoms with Gasteiger partial charge in [0, 0.05) is 15.7 Å². The molecular formula is C24H21ClO5S. The number of rotatable bonds is 9. The van der Waals surface area contributed by atoms with Crippen molar-refractivity contribution in [1.29, 1.82) is 0 Å². The van der Waals surface area contributed by atoms with Gasteiger partial charge in [-0.25, -0.2) is 4.79 Å². The number of hydrogen-bond donors (Lipinski definition) is 0. The van der Waals surface area contributed by atoms with Crippen molar-refractivity contribution in [2.24, 2.45) is 0 Å². The first kappa shape index (κ1) is 22.7. The Morgan fingerprint density at radius 1 is 0.903 bits per heavy atom. The van der Waals surface area contributed by atoms with Gasteiger partial charge < -0.3 is 14.2 Å². The van der Waals surface area contributed by atoms with Gasteiger partial charge in [0.2, 0.25) is 5.78 Å². The quantitative estimate of drug-likeness (QED) is 0.234. The van der Waals surface area contributed by atoms with Crippen LogP contribution in [0.4, 0.5) is 0 Å². The zero-order valence-electron chi connectivity index (χ0n) is 17.1. The van der Waals surface area contributed by atoms with Crippen LogP contribution in [0.1, 0.15) is 26.3 Å². The third kappa shape index (κ3) is 6.26. The number of carbonyl (C=O) groups excluding carboxylic acids is 2. The minimum Gasteiger partial charge on any atom is -0.497 e. The average Bonchev–Trinajstić information content (AvgIpc) is 2.81. The predicted octanol–water partition coefficient (Wildman–Crippen LogP) is 5.69. The van der Waals surface area contributed by atoms with Gasteiger partial charge in [-0.15, -0.1) is 11.8 Å². The summed E-state index contributed by atoms with van der Waals surface area (Å²) in [5.74, 6) is 0.726. The maximum atomic E-state index is 12.5. The van der Waals surface area contributed by atoms with Gasteiger partial charge in [0.25, 0.3) is 0 Å². The molecule has 0 aromatic heterocycles. The molecule has 0 saturated heterocycles. The topological polar surface area (TPSA) is 61.8 Å². The first-order chi connectivity index (χ1) is 15.0. The van der Waals surface area contributed by atoms with Crippen molar-refractivity contribution in [1.82, 2.24) is 0 Å². The summed E-state index contributed by atoms with van der Waals surface area (Å²) < 4.78 is 15.5. The summed E-state index contributed by atoms with van der Waals surface area (Å²) >= 11 is 7.57. The van der Waals surface area contributed by atoms with Crippen LogP contribution in [0.2, 0.25) is 5.02 Å². The third-order valence-electron chi connectivity index (χ3n) is 4.45. The Morgan fingerprint density at radius 3 is 2.26 bits per heavy atom. The molecule has 160 valence electrons. The Bertz CT molecular complexity index is 1050. The number of halogens is 1. The highest BCUT2D eigenvalue weighted by Crippen LogP contribution is 2.25. The van der Waals surface area contributed by atoms with Crippen LogP contribution in [0.25, 0.3) is 0 Å². The molecule has 0 radical (unpaired) electrons. The lowest BCUT2D eigenvalue weighted by molar-refractivity contribution is 0.0474. The SMILES string of the molecule is COc1ccc(OC)c(C(=O)COC(=O)c2ccc(CSc3ccc(Cl)cc3)cc2)c1. The van der Waals surface area contributed by atoms with E-state index in [1.54, 1.807) is 42.1 Å². The van der Waals surface area contributed by atoms with Gasteiger partial charge in [-0.05, 0) is 60.2 Å². The summed E-state index contributed by atoms with van der Waals surface area (Å²) in [6, 6.07) is 19.6. The second kappa shape index (κ2) is 10.9. The maximum Gasteiger partial charge on any atom is 0.338 e. The second-order valence-electron chi connectivity index (χ2n) is 6.51. The minimum atomic E-state index is -0.563. The van der Waals surface area contributed by atoms with E-state index in [9.17, 15) is 9.59 Å². The second-order valence-corrected chi connectivity index (χ2v) is 7.99. The summed E-state index contributed by atoms with van der Waals surface area (Å²) in [6.07, 6.45) is 0. The van der Waals surface area contributed by atoms with Crippen molar-refractivity contribution in [3.63, 3.8) is 0 Å². The van der Waals surface area contributed by atoms with Gasteiger partial charge in [-0.1, -0.05) is 23.7 Å². The number of methoxy groups -OCH3 is 2. The van der Waals surface area contributed by atoms with E-state index in [1.807, 2.05) is 36.4 Å². The van der Waals surface area contributed by atoms with E-state index < -0.39 is 12.6 Å². The molecule has 0 heterocycles. The van der Waals surface area contributed by atoms with Crippen LogP contribution in [0.5, 0.6) is 11.5 Å². The zero-order chi connectivity index (χ0) is 22.2. The Kier molecular flexibility index (Phi) is 7.98. The molecule has 0 spiro atoms. The number of ketones is 1. The van der Waals surface area contributed by atoms with Crippen LogP contribution in [0, 0.1) is 0 Å². The molecular weight excluding hydrogens is 436 g/mol. The summed E-state index contributed by atoms with van der Waals surface area (Å²) in [6.45, 7) is -0.392. The molecule has 5 nitrogen and oxygen atoms in total. The number of hydrogen-bond acceptors (Lipinski definition) is 6. The Hall–Kier alpha value is -2.96. The average molecular weight is 457 g/mol. The molecule has 0 amide bonds. The van der Waals surface area contributed by atoms with Crippen molar-refractivity contribution in [2.45, 2.75) is 10.6 Å². The monoisotopic (exact) mass is 456 g/mol. The first-order valence-electron chi connectivity index (χ1n) is 9.40. The predicted molar refractivity (Wildman–Crippen MR) is 122 cm³/mol. The Labute approximate surface area is 190 Å². The number of esters is 1. The van der Waals surface area contributed by atoms with Crippen LogP contribution in [-0.2, 0) is 10.5 Å². The minimum absolute atomic E-state index is 0.296. The van der Waals surface area contributed by atoms with Gasteiger partial charge in [-0.2, -0.15) is 0 Å². The first-order valence-corrected chi connectivity index (χ1v) is 10.8. The lowest BCUT2D eigenvalue weighted by atomic mass is 10.1. The van der Waals surface area contributed by atoms with E-state index in [-0.39, 0.29) is 5.78 Å². The molecule has 0 unspecified atom stereocenters. The van der Waals surface area contributed by atoms with E-state index in [2.05, 4.69) is 0 Å². The molecule has 3 rings (SSSR count). The highest BCUT2D eigenvalue weighted by molar-refractivity contribution is 7.98. The molecule has 3 aromatic carbocycles. The van der Waals surface area contributed by atoms with Crippen molar-refractivity contribution in [2.75, 3.05) is 20.8 Å². The van der Waals surface area contributed by atoms with Crippen molar-refractivity contribution in [3.05, 3.63) is 88.4 Å². The molecule has 0 saturated carbocycles. The number of ether oxygens (including phenoxy) is 3. The van der Waals surface area contributed by atoms with Crippen LogP contribution in [0.3, 0.4) is 0 Å². The van der Waals surface area contributed by atoms with E-state index in [0.717, 1.165) is 16.2 Å². The molecule has 0 fully saturated rings. The Balaban J connectivity index is 1.56. The Morgan fingerprint density at radius 2 is 1.61 bits per heavy atom. The third-order valence-corrected chi connectivity index (χ3v) is 5.79. The van der Waals surface area contributed by atoms with E-state index in [4.69, 9.17) is 25.8 Å². The van der Waals surface area contributed by atoms with Crippen LogP contribution < -0.4 is 9.47 Å². The summed E-state index contributed by atoms with van der Waals surface area (Å²) in [5.41, 5.74) is 1.74. The molecule has 0 atom stereocenters. The van der Waals surface area contributed by atoms with Gasteiger partial charge in [-0.3, -0.25) is 4.79 Å². The van der Waals surface area contributed by atoms with Crippen molar-refractivity contribution < 1.29 is 23.8 Å². The van der Waals surface area contributed by atoms with Crippen LogP contribution >= 0.6 is 23.4 Å². The fourth-order valence-corrected chi connectivity index (χ4v) is 3.74. The number of Topliss-reactive ketones (excluding diaryl/α,β-unsaturated/α-hetero) is 1. The summed E-state index contributed by atoms with van der Waals surface area (Å²) in [4.78, 5) is 25.9. The lowest BCUT2D eigenvalue weighted by Gasteiger charge is -2.10. The molecule has 7 heteroatoms. The highest BCUT2D eigenvalue weighted by Gasteiger charge is 2.16. The number of benzene rings is 3. The molecule has 3 aromatic rings. The molecule has 31 heavy (non-hydrogen) atoms. The molecule has 0 aliphatic rings. The molecule has 0 N–H and O–H groups in total. The van der Waals surface area contributed by atoms with Crippen molar-refractivity contribution >= 4 is 35.1 Å². The standard InChI is InChI=1S/C24H21ClO5S/c1-28-19-9-12-23(29-2)21(13-19)22(26)14-30-24(27)17-5-3-16(4-6-17)15-31-20-10-7-18(25)8-11-20/h3-13H,14-15H2,1-2H3. The molecule has 0 bridgehead atoms.